The summed E-state index contributed by atoms with van der Waals surface area (Å²) in [6.45, 7) is 7.83. The minimum Gasteiger partial charge on any atom is -0.394 e. The smallest absolute Gasteiger partial charge is 0.0860 e. The fraction of sp³-hybridized carbons (Fsp3) is 0.812. The van der Waals surface area contributed by atoms with Gasteiger partial charge < -0.3 is 15.5 Å². The summed E-state index contributed by atoms with van der Waals surface area (Å²) in [6, 6.07) is 1.85. The number of hydrogen-bond acceptors (Lipinski definition) is 4. The number of nitrogens with zero attached hydrogens (tertiary/aromatic N) is 2. The van der Waals surface area contributed by atoms with E-state index >= 15 is 0 Å². The fourth-order valence-electron chi connectivity index (χ4n) is 4.08. The van der Waals surface area contributed by atoms with Gasteiger partial charge in [-0.25, -0.2) is 0 Å². The molecule has 1 aromatic rings. The Balaban J connectivity index is 1.92. The largest absolute Gasteiger partial charge is 0.394 e. The van der Waals surface area contributed by atoms with Gasteiger partial charge in [0, 0.05) is 24.5 Å². The summed E-state index contributed by atoms with van der Waals surface area (Å²) >= 11 is 0. The molecule has 0 saturated heterocycles. The van der Waals surface area contributed by atoms with E-state index in [1.807, 2.05) is 12.3 Å². The Morgan fingerprint density at radius 3 is 2.76 bits per heavy atom. The van der Waals surface area contributed by atoms with Crippen LogP contribution in [-0.4, -0.2) is 44.8 Å². The van der Waals surface area contributed by atoms with Crippen molar-refractivity contribution in [3.8, 4) is 0 Å². The Morgan fingerprint density at radius 1 is 1.43 bits per heavy atom. The van der Waals surface area contributed by atoms with Crippen LogP contribution in [0.4, 0.5) is 0 Å². The van der Waals surface area contributed by atoms with Gasteiger partial charge in [0.05, 0.1) is 19.3 Å². The quantitative estimate of drug-likeness (QED) is 0.742. The lowest BCUT2D eigenvalue weighted by Crippen LogP contribution is -2.57. The minimum absolute atomic E-state index is 0.120. The van der Waals surface area contributed by atoms with Crippen LogP contribution >= 0.6 is 0 Å². The monoisotopic (exact) mass is 295 g/mol. The topological polar surface area (TPSA) is 70.3 Å². The summed E-state index contributed by atoms with van der Waals surface area (Å²) in [5, 5.41) is 27.6. The molecule has 5 heteroatoms. The van der Waals surface area contributed by atoms with Crippen LogP contribution in [0.1, 0.15) is 40.0 Å². The zero-order chi connectivity index (χ0) is 15.5. The van der Waals surface area contributed by atoms with Gasteiger partial charge in [0.25, 0.3) is 0 Å². The number of nitrogens with one attached hydrogen (secondary N) is 1. The molecule has 3 atom stereocenters. The molecule has 21 heavy (non-hydrogen) atoms. The summed E-state index contributed by atoms with van der Waals surface area (Å²) in [6.07, 6.45) is 6.13. The highest BCUT2D eigenvalue weighted by molar-refractivity contribution is 4.99. The van der Waals surface area contributed by atoms with Gasteiger partial charge in [0.2, 0.25) is 0 Å². The van der Waals surface area contributed by atoms with E-state index in [0.717, 1.165) is 12.8 Å². The molecular weight excluding hydrogens is 266 g/mol. The van der Waals surface area contributed by atoms with Gasteiger partial charge in [0.1, 0.15) is 0 Å². The second-order valence-electron chi connectivity index (χ2n) is 7.56. The van der Waals surface area contributed by atoms with Crippen molar-refractivity contribution in [3.05, 3.63) is 18.5 Å². The van der Waals surface area contributed by atoms with Crippen molar-refractivity contribution in [2.24, 2.45) is 11.3 Å². The van der Waals surface area contributed by atoms with Crippen LogP contribution in [0.25, 0.3) is 0 Å². The summed E-state index contributed by atoms with van der Waals surface area (Å²) in [5.41, 5.74) is -0.0490. The first-order valence-electron chi connectivity index (χ1n) is 7.86. The molecule has 1 heterocycles. The normalized spacial score (nSPS) is 30.2. The second-order valence-corrected chi connectivity index (χ2v) is 7.56. The van der Waals surface area contributed by atoms with E-state index in [9.17, 15) is 10.2 Å². The Bertz CT molecular complexity index is 433. The van der Waals surface area contributed by atoms with Crippen molar-refractivity contribution in [3.63, 3.8) is 0 Å². The first-order chi connectivity index (χ1) is 9.84. The lowest BCUT2D eigenvalue weighted by molar-refractivity contribution is 0.0249. The first-order valence-corrected chi connectivity index (χ1v) is 7.86. The molecule has 0 spiro atoms. The SMILES string of the molecule is C[C@@H]1CC(C)(C)C[C@@](CO)(NC[C@H](O)Cn2cccn2)C1. The Morgan fingerprint density at radius 2 is 2.19 bits per heavy atom. The number of β-amino-alcohol motifs (C(OH)–C–C–N with tert-alkyl or cyclic N) is 1. The summed E-state index contributed by atoms with van der Waals surface area (Å²) < 4.78 is 1.73. The van der Waals surface area contributed by atoms with Crippen LogP contribution in [0, 0.1) is 11.3 Å². The molecule has 1 aromatic heterocycles. The molecule has 0 aliphatic heterocycles. The average Bonchev–Trinajstić information content (AvgIpc) is 2.87. The highest BCUT2D eigenvalue weighted by Gasteiger charge is 2.42. The van der Waals surface area contributed by atoms with Gasteiger partial charge in [-0.15, -0.1) is 0 Å². The van der Waals surface area contributed by atoms with Crippen LogP contribution in [0.2, 0.25) is 0 Å². The Kier molecular flexibility index (Phi) is 5.07. The third-order valence-electron chi connectivity index (χ3n) is 4.43. The van der Waals surface area contributed by atoms with Crippen LogP contribution in [0.15, 0.2) is 18.5 Å². The molecule has 120 valence electrons. The van der Waals surface area contributed by atoms with E-state index < -0.39 is 6.10 Å². The van der Waals surface area contributed by atoms with Crippen LogP contribution in [0.3, 0.4) is 0 Å². The van der Waals surface area contributed by atoms with Gasteiger partial charge in [0.15, 0.2) is 0 Å². The standard InChI is InChI=1S/C16H29N3O2/c1-13-7-15(2,3)11-16(8-13,12-20)17-9-14(21)10-19-6-4-5-18-19/h4-6,13-14,17,20-21H,7-12H2,1-3H3/t13-,14+,16+/m1/s1. The molecule has 1 saturated carbocycles. The molecule has 1 aliphatic carbocycles. The van der Waals surface area contributed by atoms with Gasteiger partial charge >= 0.3 is 0 Å². The first kappa shape index (κ1) is 16.5. The van der Waals surface area contributed by atoms with E-state index in [4.69, 9.17) is 0 Å². The summed E-state index contributed by atoms with van der Waals surface area (Å²) in [4.78, 5) is 0. The maximum atomic E-state index is 10.2. The van der Waals surface area contributed by atoms with Gasteiger partial charge in [-0.05, 0) is 36.7 Å². The lowest BCUT2D eigenvalue weighted by atomic mass is 9.64. The summed E-state index contributed by atoms with van der Waals surface area (Å²) in [7, 11) is 0. The molecule has 5 nitrogen and oxygen atoms in total. The van der Waals surface area contributed by atoms with Crippen molar-refractivity contribution in [2.45, 2.75) is 58.2 Å². The highest BCUT2D eigenvalue weighted by Crippen LogP contribution is 2.43. The Labute approximate surface area is 127 Å². The molecule has 0 unspecified atom stereocenters. The van der Waals surface area contributed by atoms with Crippen molar-refractivity contribution < 1.29 is 10.2 Å². The number of aliphatic hydroxyl groups excluding tert-OH is 2. The lowest BCUT2D eigenvalue weighted by Gasteiger charge is -2.47. The molecule has 2 rings (SSSR count). The maximum absolute atomic E-state index is 10.2. The molecule has 0 aromatic carbocycles. The van der Waals surface area contributed by atoms with E-state index in [1.54, 1.807) is 10.9 Å². The number of hydrogen-bond donors (Lipinski definition) is 3. The zero-order valence-corrected chi connectivity index (χ0v) is 13.4. The Hall–Kier alpha value is -0.910. The molecule has 0 amide bonds. The second kappa shape index (κ2) is 6.46. The molecule has 1 fully saturated rings. The van der Waals surface area contributed by atoms with E-state index in [1.165, 1.54) is 6.42 Å². The van der Waals surface area contributed by atoms with Crippen LogP contribution in [0.5, 0.6) is 0 Å². The average molecular weight is 295 g/mol. The van der Waals surface area contributed by atoms with Crippen LogP contribution < -0.4 is 5.32 Å². The van der Waals surface area contributed by atoms with E-state index in [0.29, 0.717) is 19.0 Å². The fourth-order valence-corrected chi connectivity index (χ4v) is 4.08. The van der Waals surface area contributed by atoms with Gasteiger partial charge in [-0.2, -0.15) is 5.10 Å². The third-order valence-corrected chi connectivity index (χ3v) is 4.43. The van der Waals surface area contributed by atoms with Crippen molar-refractivity contribution in [1.82, 2.24) is 15.1 Å². The predicted molar refractivity (Wildman–Crippen MR) is 82.8 cm³/mol. The minimum atomic E-state index is -0.506. The van der Waals surface area contributed by atoms with Gasteiger partial charge in [-0.1, -0.05) is 20.8 Å². The molecule has 1 aliphatic rings. The van der Waals surface area contributed by atoms with Crippen molar-refractivity contribution in [1.29, 1.82) is 0 Å². The summed E-state index contributed by atoms with van der Waals surface area (Å²) in [5.74, 6) is 0.580. The molecular formula is C16H29N3O2. The zero-order valence-electron chi connectivity index (χ0n) is 13.4. The third kappa shape index (κ3) is 4.53. The van der Waals surface area contributed by atoms with E-state index in [2.05, 4.69) is 31.2 Å². The van der Waals surface area contributed by atoms with E-state index in [-0.39, 0.29) is 17.6 Å². The number of aromatic nitrogens is 2. The molecule has 3 N–H and O–H groups in total. The van der Waals surface area contributed by atoms with Crippen molar-refractivity contribution >= 4 is 0 Å². The molecule has 0 bridgehead atoms. The highest BCUT2D eigenvalue weighted by atomic mass is 16.3. The maximum Gasteiger partial charge on any atom is 0.0860 e. The van der Waals surface area contributed by atoms with Crippen LogP contribution in [-0.2, 0) is 6.54 Å². The number of rotatable bonds is 6. The number of aliphatic hydroxyl groups is 2. The predicted octanol–water partition coefficient (Wildman–Crippen LogP) is 1.41. The van der Waals surface area contributed by atoms with Crippen molar-refractivity contribution in [2.75, 3.05) is 13.2 Å². The molecule has 0 radical (unpaired) electrons. The van der Waals surface area contributed by atoms with Gasteiger partial charge in [-0.3, -0.25) is 4.68 Å².